The molecule has 7 nitrogen and oxygen atoms in total. The highest BCUT2D eigenvalue weighted by molar-refractivity contribution is 7.80. The molecule has 2 N–H and O–H groups in total. The van der Waals surface area contributed by atoms with Gasteiger partial charge in [0, 0.05) is 48.0 Å². The van der Waals surface area contributed by atoms with E-state index < -0.39 is 0 Å². The van der Waals surface area contributed by atoms with Gasteiger partial charge in [0.05, 0.1) is 24.9 Å². The van der Waals surface area contributed by atoms with Crippen molar-refractivity contribution in [1.82, 2.24) is 19.8 Å². The number of carbonyl (C=O) groups is 1. The van der Waals surface area contributed by atoms with E-state index in [1.807, 2.05) is 67.6 Å². The number of nitrogens with zero attached hydrogens (tertiary/aromatic N) is 3. The predicted octanol–water partition coefficient (Wildman–Crippen LogP) is 5.81. The molecule has 2 atom stereocenters. The number of aryl methyl sites for hydroxylation is 2. The Labute approximate surface area is 234 Å². The Morgan fingerprint density at radius 3 is 2.62 bits per heavy atom. The lowest BCUT2D eigenvalue weighted by atomic mass is 9.96. The highest BCUT2D eigenvalue weighted by atomic mass is 32.1. The zero-order valence-corrected chi connectivity index (χ0v) is 23.5. The largest absolute Gasteiger partial charge is 0.497 e. The first-order valence-electron chi connectivity index (χ1n) is 13.0. The molecule has 4 aromatic rings. The molecule has 0 saturated carbocycles. The van der Waals surface area contributed by atoms with Crippen molar-refractivity contribution in [2.24, 2.45) is 0 Å². The number of amides is 1. The molecule has 0 aliphatic carbocycles. The summed E-state index contributed by atoms with van der Waals surface area (Å²) in [6, 6.07) is 23.7. The van der Waals surface area contributed by atoms with Gasteiger partial charge in [-0.3, -0.25) is 9.78 Å². The van der Waals surface area contributed by atoms with Crippen LogP contribution in [0.25, 0.3) is 5.69 Å². The summed E-state index contributed by atoms with van der Waals surface area (Å²) in [5.74, 6) is 0.753. The Morgan fingerprint density at radius 1 is 1.05 bits per heavy atom. The van der Waals surface area contributed by atoms with Crippen LogP contribution in [0.4, 0.5) is 5.69 Å². The number of benzene rings is 2. The maximum absolute atomic E-state index is 12.9. The van der Waals surface area contributed by atoms with Crippen LogP contribution < -0.4 is 15.4 Å². The Kier molecular flexibility index (Phi) is 7.65. The molecular weight excluding hydrogens is 506 g/mol. The zero-order chi connectivity index (χ0) is 27.5. The Balaban J connectivity index is 1.47. The van der Waals surface area contributed by atoms with Crippen LogP contribution in [0.3, 0.4) is 0 Å². The van der Waals surface area contributed by atoms with Crippen molar-refractivity contribution < 1.29 is 9.53 Å². The van der Waals surface area contributed by atoms with Crippen LogP contribution in [0.15, 0.2) is 79.0 Å². The average molecular weight is 540 g/mol. The quantitative estimate of drug-likeness (QED) is 0.276. The highest BCUT2D eigenvalue weighted by Gasteiger charge is 2.41. The number of hydrogen-bond acceptors (Lipinski definition) is 4. The topological polar surface area (TPSA) is 71.4 Å². The van der Waals surface area contributed by atoms with Gasteiger partial charge in [0.2, 0.25) is 5.91 Å². The molecule has 0 spiro atoms. The monoisotopic (exact) mass is 539 g/mol. The molecular formula is C31H33N5O2S. The molecule has 2 aromatic carbocycles. The molecule has 0 unspecified atom stereocenters. The van der Waals surface area contributed by atoms with Crippen molar-refractivity contribution in [3.8, 4) is 11.4 Å². The van der Waals surface area contributed by atoms with E-state index in [4.69, 9.17) is 17.0 Å². The molecule has 0 radical (unpaired) electrons. The van der Waals surface area contributed by atoms with Crippen LogP contribution in [0, 0.1) is 20.8 Å². The zero-order valence-electron chi connectivity index (χ0n) is 22.6. The number of ether oxygens (including phenoxy) is 1. The maximum atomic E-state index is 12.9. The Hall–Kier alpha value is -4.17. The van der Waals surface area contributed by atoms with Crippen LogP contribution in [0.5, 0.6) is 5.75 Å². The smallest absolute Gasteiger partial charge is 0.226 e. The lowest BCUT2D eigenvalue weighted by molar-refractivity contribution is -0.116. The average Bonchev–Trinajstić information content (AvgIpc) is 3.42. The van der Waals surface area contributed by atoms with Crippen molar-refractivity contribution in [1.29, 1.82) is 0 Å². The first-order valence-corrected chi connectivity index (χ1v) is 13.4. The van der Waals surface area contributed by atoms with Gasteiger partial charge in [-0.2, -0.15) is 0 Å². The standard InChI is InChI=1S/C31H33N5O2S/c1-20-9-7-10-23(17-20)33-28(37)14-16-35-30(29(34-31(35)39)27-13-5-6-15-32-27)26-18-21(2)36(22(26)3)24-11-8-12-25(19-24)38-4/h5-13,15,17-19,29-30H,14,16H2,1-4H3,(H,33,37)(H,34,39)/t29-,30+/m0/s1. The summed E-state index contributed by atoms with van der Waals surface area (Å²) in [7, 11) is 1.68. The molecule has 1 amide bonds. The number of rotatable bonds is 8. The summed E-state index contributed by atoms with van der Waals surface area (Å²) in [6.07, 6.45) is 2.10. The molecule has 1 saturated heterocycles. The molecule has 3 heterocycles. The highest BCUT2D eigenvalue weighted by Crippen LogP contribution is 2.41. The maximum Gasteiger partial charge on any atom is 0.226 e. The molecule has 1 aliphatic rings. The van der Waals surface area contributed by atoms with Crippen molar-refractivity contribution in [2.75, 3.05) is 19.0 Å². The molecule has 200 valence electrons. The van der Waals surface area contributed by atoms with Gasteiger partial charge >= 0.3 is 0 Å². The number of methoxy groups -OCH3 is 1. The summed E-state index contributed by atoms with van der Waals surface area (Å²) in [5.41, 5.74) is 7.18. The molecule has 1 aliphatic heterocycles. The molecule has 2 aromatic heterocycles. The van der Waals surface area contributed by atoms with Crippen molar-refractivity contribution in [3.05, 3.63) is 107 Å². The van der Waals surface area contributed by atoms with Crippen LogP contribution >= 0.6 is 12.2 Å². The first kappa shape index (κ1) is 26.4. The molecule has 1 fully saturated rings. The van der Waals surface area contributed by atoms with Crippen LogP contribution in [-0.4, -0.2) is 39.1 Å². The van der Waals surface area contributed by atoms with Crippen LogP contribution in [0.2, 0.25) is 0 Å². The van der Waals surface area contributed by atoms with E-state index in [9.17, 15) is 4.79 Å². The summed E-state index contributed by atoms with van der Waals surface area (Å²) in [5, 5.41) is 7.13. The van der Waals surface area contributed by atoms with Crippen molar-refractivity contribution >= 4 is 28.9 Å². The third-order valence-electron chi connectivity index (χ3n) is 7.18. The second kappa shape index (κ2) is 11.3. The normalized spacial score (nSPS) is 16.7. The third kappa shape index (κ3) is 5.52. The molecule has 5 rings (SSSR count). The summed E-state index contributed by atoms with van der Waals surface area (Å²) < 4.78 is 7.71. The fourth-order valence-corrected chi connectivity index (χ4v) is 5.72. The van der Waals surface area contributed by atoms with E-state index in [2.05, 4.69) is 51.1 Å². The van der Waals surface area contributed by atoms with Gasteiger partial charge in [0.25, 0.3) is 0 Å². The van der Waals surface area contributed by atoms with Gasteiger partial charge in [0.1, 0.15) is 5.75 Å². The molecule has 8 heteroatoms. The number of hydrogen-bond donors (Lipinski definition) is 2. The summed E-state index contributed by atoms with van der Waals surface area (Å²) in [6.45, 7) is 6.71. The van der Waals surface area contributed by atoms with Gasteiger partial charge in [-0.1, -0.05) is 24.3 Å². The van der Waals surface area contributed by atoms with Crippen LogP contribution in [0.1, 0.15) is 46.7 Å². The van der Waals surface area contributed by atoms with Gasteiger partial charge in [-0.15, -0.1) is 0 Å². The van der Waals surface area contributed by atoms with E-state index >= 15 is 0 Å². The second-order valence-corrected chi connectivity index (χ2v) is 10.2. The number of pyridine rings is 1. The Morgan fingerprint density at radius 2 is 1.87 bits per heavy atom. The van der Waals surface area contributed by atoms with E-state index in [1.54, 1.807) is 13.3 Å². The van der Waals surface area contributed by atoms with Gasteiger partial charge < -0.3 is 24.8 Å². The predicted molar refractivity (Wildman–Crippen MR) is 158 cm³/mol. The number of thiocarbonyl (C=S) groups is 1. The van der Waals surface area contributed by atoms with Gasteiger partial charge in [-0.05, 0) is 86.6 Å². The van der Waals surface area contributed by atoms with Gasteiger partial charge in [0.15, 0.2) is 5.11 Å². The van der Waals surface area contributed by atoms with E-state index in [0.29, 0.717) is 18.1 Å². The minimum Gasteiger partial charge on any atom is -0.497 e. The number of nitrogens with one attached hydrogen (secondary N) is 2. The molecule has 39 heavy (non-hydrogen) atoms. The minimum atomic E-state index is -0.155. The fourth-order valence-electron chi connectivity index (χ4n) is 5.39. The number of aromatic nitrogens is 2. The summed E-state index contributed by atoms with van der Waals surface area (Å²) in [4.78, 5) is 19.7. The lowest BCUT2D eigenvalue weighted by Gasteiger charge is -2.28. The van der Waals surface area contributed by atoms with Crippen LogP contribution in [-0.2, 0) is 4.79 Å². The van der Waals surface area contributed by atoms with Crippen molar-refractivity contribution in [3.63, 3.8) is 0 Å². The number of carbonyl (C=O) groups excluding carboxylic acids is 1. The summed E-state index contributed by atoms with van der Waals surface area (Å²) >= 11 is 5.83. The van der Waals surface area contributed by atoms with Gasteiger partial charge in [-0.25, -0.2) is 0 Å². The minimum absolute atomic E-state index is 0.0507. The number of anilines is 1. The van der Waals surface area contributed by atoms with E-state index in [1.165, 1.54) is 0 Å². The Bertz CT molecular complexity index is 1500. The SMILES string of the molecule is COc1cccc(-n2c(C)cc([C@@H]3[C@H](c4ccccn4)NC(=S)N3CCC(=O)Nc3cccc(C)c3)c2C)c1. The lowest BCUT2D eigenvalue weighted by Crippen LogP contribution is -2.32. The van der Waals surface area contributed by atoms with E-state index in [-0.39, 0.29) is 18.0 Å². The first-order chi connectivity index (χ1) is 18.9. The third-order valence-corrected chi connectivity index (χ3v) is 7.53. The van der Waals surface area contributed by atoms with E-state index in [0.717, 1.165) is 45.3 Å². The molecule has 0 bridgehead atoms. The second-order valence-electron chi connectivity index (χ2n) is 9.85. The fraction of sp³-hybridized carbons (Fsp3) is 0.258. The van der Waals surface area contributed by atoms with Crippen molar-refractivity contribution in [2.45, 2.75) is 39.3 Å².